The van der Waals surface area contributed by atoms with Gasteiger partial charge in [-0.1, -0.05) is 19.9 Å². The van der Waals surface area contributed by atoms with Gasteiger partial charge in [0, 0.05) is 35.0 Å². The van der Waals surface area contributed by atoms with Crippen molar-refractivity contribution < 1.29 is 9.59 Å². The number of nitrogens with zero attached hydrogens (tertiary/aromatic N) is 2. The molecule has 1 saturated heterocycles. The minimum absolute atomic E-state index is 0.00735. The van der Waals surface area contributed by atoms with E-state index in [1.165, 1.54) is 0 Å². The van der Waals surface area contributed by atoms with Crippen molar-refractivity contribution in [3.05, 3.63) is 53.7 Å². The molecule has 0 aliphatic carbocycles. The first kappa shape index (κ1) is 20.4. The molecule has 0 radical (unpaired) electrons. The highest BCUT2D eigenvalue weighted by molar-refractivity contribution is 7.99. The average molecular weight is 398 g/mol. The van der Waals surface area contributed by atoms with Crippen LogP contribution >= 0.6 is 11.8 Å². The summed E-state index contributed by atoms with van der Waals surface area (Å²) >= 11 is 1.78. The van der Waals surface area contributed by atoms with Gasteiger partial charge in [-0.05, 0) is 55.7 Å². The Bertz CT molecular complexity index is 819. The van der Waals surface area contributed by atoms with Gasteiger partial charge in [0.25, 0.3) is 5.91 Å². The second kappa shape index (κ2) is 9.24. The van der Waals surface area contributed by atoms with Gasteiger partial charge < -0.3 is 10.2 Å². The summed E-state index contributed by atoms with van der Waals surface area (Å²) < 4.78 is 0. The zero-order chi connectivity index (χ0) is 20.1. The minimum atomic E-state index is -0.212. The molecule has 1 N–H and O–H groups in total. The lowest BCUT2D eigenvalue weighted by Crippen LogP contribution is -2.43. The highest BCUT2D eigenvalue weighted by Crippen LogP contribution is 2.24. The normalized spacial score (nSPS) is 16.9. The number of pyridine rings is 1. The second-order valence-corrected chi connectivity index (χ2v) is 9.14. The molecule has 148 valence electrons. The van der Waals surface area contributed by atoms with Gasteiger partial charge in [-0.3, -0.25) is 9.59 Å². The van der Waals surface area contributed by atoms with Gasteiger partial charge in [0.2, 0.25) is 5.91 Å². The monoisotopic (exact) mass is 397 g/mol. The van der Waals surface area contributed by atoms with Crippen molar-refractivity contribution in [2.24, 2.45) is 5.92 Å². The molecular formula is C22H27N3O2S. The molecule has 2 aromatic rings. The van der Waals surface area contributed by atoms with E-state index in [1.54, 1.807) is 28.9 Å². The molecule has 1 atom stereocenters. The molecule has 1 fully saturated rings. The van der Waals surface area contributed by atoms with Crippen molar-refractivity contribution in [3.8, 4) is 0 Å². The molecule has 1 aliphatic rings. The Morgan fingerprint density at radius 2 is 1.93 bits per heavy atom. The van der Waals surface area contributed by atoms with Crippen molar-refractivity contribution in [1.29, 1.82) is 0 Å². The summed E-state index contributed by atoms with van der Waals surface area (Å²) in [6, 6.07) is 11.5. The zero-order valence-corrected chi connectivity index (χ0v) is 17.5. The third kappa shape index (κ3) is 5.35. The Balaban J connectivity index is 1.61. The fraction of sp³-hybridized carbons (Fsp3) is 0.409. The van der Waals surface area contributed by atoms with Crippen LogP contribution in [0, 0.1) is 12.8 Å². The van der Waals surface area contributed by atoms with Gasteiger partial charge in [-0.25, -0.2) is 4.98 Å². The maximum atomic E-state index is 12.9. The Hall–Kier alpha value is -2.34. The number of likely N-dealkylation sites (tertiary alicyclic amines) is 1. The number of anilines is 1. The quantitative estimate of drug-likeness (QED) is 0.761. The molecule has 28 heavy (non-hydrogen) atoms. The molecule has 6 heteroatoms. The highest BCUT2D eigenvalue weighted by atomic mass is 32.2. The first-order valence-electron chi connectivity index (χ1n) is 9.72. The molecular weight excluding hydrogens is 370 g/mol. The Kier molecular flexibility index (Phi) is 6.73. The summed E-state index contributed by atoms with van der Waals surface area (Å²) in [5.74, 6) is 0.262. The molecule has 0 bridgehead atoms. The fourth-order valence-electron chi connectivity index (χ4n) is 3.28. The van der Waals surface area contributed by atoms with E-state index in [0.29, 0.717) is 29.7 Å². The second-order valence-electron chi connectivity index (χ2n) is 7.49. The third-order valence-electron chi connectivity index (χ3n) is 4.72. The predicted octanol–water partition coefficient (Wildman–Crippen LogP) is 4.38. The number of carbonyl (C=O) groups excluding carboxylic acids is 2. The molecule has 0 saturated carbocycles. The van der Waals surface area contributed by atoms with Gasteiger partial charge in [0.15, 0.2) is 0 Å². The number of rotatable bonds is 5. The van der Waals surface area contributed by atoms with Gasteiger partial charge in [0.1, 0.15) is 5.82 Å². The predicted molar refractivity (Wildman–Crippen MR) is 114 cm³/mol. The number of amides is 2. The summed E-state index contributed by atoms with van der Waals surface area (Å²) in [5.41, 5.74) is 1.72. The zero-order valence-electron chi connectivity index (χ0n) is 16.6. The number of aryl methyl sites for hydroxylation is 1. The molecule has 2 amide bonds. The highest BCUT2D eigenvalue weighted by Gasteiger charge is 2.29. The van der Waals surface area contributed by atoms with Crippen LogP contribution < -0.4 is 5.32 Å². The topological polar surface area (TPSA) is 62.3 Å². The molecule has 1 aliphatic heterocycles. The summed E-state index contributed by atoms with van der Waals surface area (Å²) in [6.07, 6.45) is 3.34. The van der Waals surface area contributed by atoms with Crippen molar-refractivity contribution in [2.75, 3.05) is 18.4 Å². The summed E-state index contributed by atoms with van der Waals surface area (Å²) in [5, 5.41) is 3.38. The number of benzene rings is 1. The van der Waals surface area contributed by atoms with Crippen LogP contribution in [-0.4, -0.2) is 40.0 Å². The standard InChI is InChI=1S/C22H27N3O2S/c1-15(2)28-19-9-7-17(8-10-19)22(27)25-12-4-5-18(14-25)21(26)24-20-11-6-16(3)13-23-20/h6-11,13,15,18H,4-5,12,14H2,1-3H3,(H,23,24,26)/t18-/m1/s1. The number of hydrogen-bond acceptors (Lipinski definition) is 4. The summed E-state index contributed by atoms with van der Waals surface area (Å²) in [4.78, 5) is 32.7. The van der Waals surface area contributed by atoms with Crippen molar-refractivity contribution in [2.45, 2.75) is 43.8 Å². The Labute approximate surface area is 170 Å². The molecule has 0 spiro atoms. The van der Waals surface area contributed by atoms with E-state index in [4.69, 9.17) is 0 Å². The van der Waals surface area contributed by atoms with E-state index < -0.39 is 0 Å². The molecule has 1 aromatic heterocycles. The van der Waals surface area contributed by atoms with Crippen LogP contribution in [0.25, 0.3) is 0 Å². The van der Waals surface area contributed by atoms with Crippen LogP contribution in [0.1, 0.15) is 42.6 Å². The SMILES string of the molecule is Cc1ccc(NC(=O)[C@@H]2CCCN(C(=O)c3ccc(SC(C)C)cc3)C2)nc1. The van der Waals surface area contributed by atoms with E-state index in [9.17, 15) is 9.59 Å². The van der Waals surface area contributed by atoms with E-state index in [2.05, 4.69) is 24.1 Å². The third-order valence-corrected chi connectivity index (χ3v) is 5.73. The smallest absolute Gasteiger partial charge is 0.253 e. The average Bonchev–Trinajstić information content (AvgIpc) is 2.69. The van der Waals surface area contributed by atoms with Crippen LogP contribution in [0.5, 0.6) is 0 Å². The van der Waals surface area contributed by atoms with Crippen molar-refractivity contribution in [3.63, 3.8) is 0 Å². The van der Waals surface area contributed by atoms with E-state index >= 15 is 0 Å². The lowest BCUT2D eigenvalue weighted by molar-refractivity contribution is -0.121. The van der Waals surface area contributed by atoms with Gasteiger partial charge >= 0.3 is 0 Å². The first-order chi connectivity index (χ1) is 13.4. The lowest BCUT2D eigenvalue weighted by atomic mass is 9.96. The van der Waals surface area contributed by atoms with Gasteiger partial charge in [-0.15, -0.1) is 11.8 Å². The largest absolute Gasteiger partial charge is 0.338 e. The number of hydrogen-bond donors (Lipinski definition) is 1. The Morgan fingerprint density at radius 1 is 1.18 bits per heavy atom. The van der Waals surface area contributed by atoms with Crippen LogP contribution in [0.2, 0.25) is 0 Å². The molecule has 3 rings (SSSR count). The molecule has 1 aromatic carbocycles. The van der Waals surface area contributed by atoms with Crippen LogP contribution in [0.3, 0.4) is 0 Å². The van der Waals surface area contributed by atoms with Crippen molar-refractivity contribution >= 4 is 29.4 Å². The van der Waals surface area contributed by atoms with Crippen LogP contribution in [-0.2, 0) is 4.79 Å². The minimum Gasteiger partial charge on any atom is -0.338 e. The number of aromatic nitrogens is 1. The first-order valence-corrected chi connectivity index (χ1v) is 10.6. The van der Waals surface area contributed by atoms with E-state index in [0.717, 1.165) is 23.3 Å². The maximum Gasteiger partial charge on any atom is 0.253 e. The van der Waals surface area contributed by atoms with Gasteiger partial charge in [0.05, 0.1) is 5.92 Å². The molecule has 5 nitrogen and oxygen atoms in total. The maximum absolute atomic E-state index is 12.9. The van der Waals surface area contributed by atoms with E-state index in [-0.39, 0.29) is 17.7 Å². The summed E-state index contributed by atoms with van der Waals surface area (Å²) in [7, 11) is 0. The Morgan fingerprint density at radius 3 is 2.57 bits per heavy atom. The number of carbonyl (C=O) groups is 2. The lowest BCUT2D eigenvalue weighted by Gasteiger charge is -2.32. The van der Waals surface area contributed by atoms with E-state index in [1.807, 2.05) is 37.3 Å². The molecule has 2 heterocycles. The summed E-state index contributed by atoms with van der Waals surface area (Å²) in [6.45, 7) is 7.38. The number of nitrogens with one attached hydrogen (secondary N) is 1. The van der Waals surface area contributed by atoms with Crippen LogP contribution in [0.4, 0.5) is 5.82 Å². The number of thioether (sulfide) groups is 1. The fourth-order valence-corrected chi connectivity index (χ4v) is 4.11. The molecule has 0 unspecified atom stereocenters. The van der Waals surface area contributed by atoms with Gasteiger partial charge in [-0.2, -0.15) is 0 Å². The number of piperidine rings is 1. The van der Waals surface area contributed by atoms with Crippen molar-refractivity contribution in [1.82, 2.24) is 9.88 Å². The van der Waals surface area contributed by atoms with Crippen LogP contribution in [0.15, 0.2) is 47.5 Å².